The van der Waals surface area contributed by atoms with E-state index in [0.717, 1.165) is 17.9 Å². The summed E-state index contributed by atoms with van der Waals surface area (Å²) in [6.07, 6.45) is 12.1. The first-order valence-electron chi connectivity index (χ1n) is 7.44. The molecule has 1 rings (SSSR count). The fourth-order valence-corrected chi connectivity index (χ4v) is 3.53. The molecule has 0 aromatic carbocycles. The summed E-state index contributed by atoms with van der Waals surface area (Å²) in [6, 6.07) is 0.821. The smallest absolute Gasteiger partial charge is 0.00697 e. The molecule has 1 nitrogen and oxygen atoms in total. The summed E-state index contributed by atoms with van der Waals surface area (Å²) in [5.41, 5.74) is 0. The summed E-state index contributed by atoms with van der Waals surface area (Å²) in [7, 11) is 0. The molecule has 2 atom stereocenters. The van der Waals surface area contributed by atoms with Crippen molar-refractivity contribution in [2.24, 2.45) is 11.8 Å². The Hall–Kier alpha value is 0.310. The van der Waals surface area contributed by atoms with Crippen molar-refractivity contribution in [3.8, 4) is 0 Å². The van der Waals surface area contributed by atoms with Gasteiger partial charge in [0, 0.05) is 6.04 Å². The number of hydrogen-bond donors (Lipinski definition) is 1. The van der Waals surface area contributed by atoms with Gasteiger partial charge in [-0.05, 0) is 62.5 Å². The van der Waals surface area contributed by atoms with Crippen LogP contribution >= 0.6 is 11.8 Å². The maximum Gasteiger partial charge on any atom is 0.00697 e. The predicted octanol–water partition coefficient (Wildman–Crippen LogP) is 4.32. The lowest BCUT2D eigenvalue weighted by molar-refractivity contribution is 0.252. The standard InChI is InChI=1S/C15H31NS/c1-13(2)11-14-7-6-8-15(12-14)16-9-4-5-10-17-3/h13-16H,4-12H2,1-3H3. The van der Waals surface area contributed by atoms with Gasteiger partial charge >= 0.3 is 0 Å². The number of hydrogen-bond acceptors (Lipinski definition) is 2. The molecule has 0 aromatic rings. The van der Waals surface area contributed by atoms with Gasteiger partial charge in [-0.1, -0.05) is 26.7 Å². The van der Waals surface area contributed by atoms with E-state index >= 15 is 0 Å². The minimum Gasteiger partial charge on any atom is -0.314 e. The van der Waals surface area contributed by atoms with Gasteiger partial charge in [-0.15, -0.1) is 0 Å². The Labute approximate surface area is 113 Å². The minimum atomic E-state index is 0.821. The first-order chi connectivity index (χ1) is 8.22. The molecule has 102 valence electrons. The summed E-state index contributed by atoms with van der Waals surface area (Å²) in [6.45, 7) is 5.96. The third kappa shape index (κ3) is 7.35. The zero-order chi connectivity index (χ0) is 12.5. The van der Waals surface area contributed by atoms with E-state index in [1.165, 1.54) is 57.2 Å². The van der Waals surface area contributed by atoms with Crippen LogP contribution in [0.5, 0.6) is 0 Å². The van der Waals surface area contributed by atoms with Gasteiger partial charge in [-0.2, -0.15) is 11.8 Å². The van der Waals surface area contributed by atoms with Crippen molar-refractivity contribution in [3.63, 3.8) is 0 Å². The first-order valence-corrected chi connectivity index (χ1v) is 8.84. The molecule has 0 saturated heterocycles. The van der Waals surface area contributed by atoms with Crippen molar-refractivity contribution < 1.29 is 0 Å². The van der Waals surface area contributed by atoms with E-state index in [0.29, 0.717) is 0 Å². The molecule has 2 unspecified atom stereocenters. The summed E-state index contributed by atoms with van der Waals surface area (Å²) < 4.78 is 0. The van der Waals surface area contributed by atoms with Crippen molar-refractivity contribution in [2.45, 2.75) is 64.8 Å². The number of rotatable bonds is 8. The fourth-order valence-electron chi connectivity index (χ4n) is 3.03. The molecule has 2 heteroatoms. The molecular weight excluding hydrogens is 226 g/mol. The molecular formula is C15H31NS. The van der Waals surface area contributed by atoms with Crippen molar-refractivity contribution in [3.05, 3.63) is 0 Å². The molecule has 0 radical (unpaired) electrons. The Morgan fingerprint density at radius 1 is 1.24 bits per heavy atom. The molecule has 0 aromatic heterocycles. The number of unbranched alkanes of at least 4 members (excludes halogenated alkanes) is 1. The summed E-state index contributed by atoms with van der Waals surface area (Å²) in [5.74, 6) is 3.19. The van der Waals surface area contributed by atoms with Crippen LogP contribution in [0.15, 0.2) is 0 Å². The van der Waals surface area contributed by atoms with E-state index in [9.17, 15) is 0 Å². The van der Waals surface area contributed by atoms with Crippen LogP contribution in [0, 0.1) is 11.8 Å². The normalized spacial score (nSPS) is 25.4. The Morgan fingerprint density at radius 2 is 2.06 bits per heavy atom. The lowest BCUT2D eigenvalue weighted by atomic mass is 9.81. The van der Waals surface area contributed by atoms with Crippen LogP contribution in [-0.2, 0) is 0 Å². The molecule has 1 aliphatic carbocycles. The quantitative estimate of drug-likeness (QED) is 0.650. The SMILES string of the molecule is CSCCCCNC1CCCC(CC(C)C)C1. The Kier molecular flexibility index (Phi) is 8.38. The van der Waals surface area contributed by atoms with Crippen LogP contribution in [0.1, 0.15) is 58.8 Å². The van der Waals surface area contributed by atoms with Gasteiger partial charge in [-0.3, -0.25) is 0 Å². The van der Waals surface area contributed by atoms with E-state index in [4.69, 9.17) is 0 Å². The van der Waals surface area contributed by atoms with E-state index in [1.807, 2.05) is 11.8 Å². The minimum absolute atomic E-state index is 0.821. The molecule has 1 saturated carbocycles. The molecule has 1 N–H and O–H groups in total. The molecule has 0 bridgehead atoms. The molecule has 1 aliphatic rings. The second-order valence-corrected chi connectivity index (χ2v) is 7.00. The highest BCUT2D eigenvalue weighted by Crippen LogP contribution is 2.29. The topological polar surface area (TPSA) is 12.0 Å². The van der Waals surface area contributed by atoms with Crippen LogP contribution in [0.25, 0.3) is 0 Å². The predicted molar refractivity (Wildman–Crippen MR) is 80.8 cm³/mol. The zero-order valence-corrected chi connectivity index (χ0v) is 12.8. The van der Waals surface area contributed by atoms with Gasteiger partial charge in [0.05, 0.1) is 0 Å². The van der Waals surface area contributed by atoms with Crippen LogP contribution in [0.4, 0.5) is 0 Å². The van der Waals surface area contributed by atoms with Crippen LogP contribution < -0.4 is 5.32 Å². The second kappa shape index (κ2) is 9.27. The van der Waals surface area contributed by atoms with Crippen molar-refractivity contribution in [1.82, 2.24) is 5.32 Å². The second-order valence-electron chi connectivity index (χ2n) is 6.01. The van der Waals surface area contributed by atoms with Crippen molar-refractivity contribution >= 4 is 11.8 Å². The third-order valence-corrected chi connectivity index (χ3v) is 4.49. The van der Waals surface area contributed by atoms with Crippen LogP contribution in [0.3, 0.4) is 0 Å². The molecule has 0 amide bonds. The highest BCUT2D eigenvalue weighted by atomic mass is 32.2. The van der Waals surface area contributed by atoms with Gasteiger partial charge in [0.2, 0.25) is 0 Å². The van der Waals surface area contributed by atoms with Gasteiger partial charge in [-0.25, -0.2) is 0 Å². The highest BCUT2D eigenvalue weighted by Gasteiger charge is 2.21. The molecule has 17 heavy (non-hydrogen) atoms. The zero-order valence-electron chi connectivity index (χ0n) is 12.0. The summed E-state index contributed by atoms with van der Waals surface area (Å²) in [4.78, 5) is 0. The molecule has 0 spiro atoms. The average molecular weight is 257 g/mol. The van der Waals surface area contributed by atoms with Crippen LogP contribution in [0.2, 0.25) is 0 Å². The first kappa shape index (κ1) is 15.4. The molecule has 0 aliphatic heterocycles. The van der Waals surface area contributed by atoms with Crippen molar-refractivity contribution in [2.75, 3.05) is 18.6 Å². The fraction of sp³-hybridized carbons (Fsp3) is 1.00. The van der Waals surface area contributed by atoms with Gasteiger partial charge < -0.3 is 5.32 Å². The highest BCUT2D eigenvalue weighted by molar-refractivity contribution is 7.98. The monoisotopic (exact) mass is 257 g/mol. The Morgan fingerprint density at radius 3 is 2.76 bits per heavy atom. The average Bonchev–Trinajstić information content (AvgIpc) is 2.28. The lowest BCUT2D eigenvalue weighted by Gasteiger charge is -2.31. The van der Waals surface area contributed by atoms with E-state index < -0.39 is 0 Å². The number of nitrogens with one attached hydrogen (secondary N) is 1. The third-order valence-electron chi connectivity index (χ3n) is 3.80. The van der Waals surface area contributed by atoms with Crippen molar-refractivity contribution in [1.29, 1.82) is 0 Å². The summed E-state index contributed by atoms with van der Waals surface area (Å²) >= 11 is 1.97. The molecule has 0 heterocycles. The van der Waals surface area contributed by atoms with Gasteiger partial charge in [0.15, 0.2) is 0 Å². The van der Waals surface area contributed by atoms with E-state index in [2.05, 4.69) is 25.4 Å². The Balaban J connectivity index is 2.08. The largest absolute Gasteiger partial charge is 0.314 e. The Bertz CT molecular complexity index is 182. The maximum absolute atomic E-state index is 3.77. The van der Waals surface area contributed by atoms with Gasteiger partial charge in [0.25, 0.3) is 0 Å². The number of thioether (sulfide) groups is 1. The maximum atomic E-state index is 3.77. The molecule has 1 fully saturated rings. The van der Waals surface area contributed by atoms with Gasteiger partial charge in [0.1, 0.15) is 0 Å². The van der Waals surface area contributed by atoms with Crippen LogP contribution in [-0.4, -0.2) is 24.6 Å². The summed E-state index contributed by atoms with van der Waals surface area (Å²) in [5, 5.41) is 3.77. The van der Waals surface area contributed by atoms with E-state index in [1.54, 1.807) is 0 Å². The lowest BCUT2D eigenvalue weighted by Crippen LogP contribution is -2.35. The van der Waals surface area contributed by atoms with E-state index in [-0.39, 0.29) is 0 Å².